The first-order valence-electron chi connectivity index (χ1n) is 11.9. The Kier molecular flexibility index (Phi) is 13.0. The van der Waals surface area contributed by atoms with Gasteiger partial charge in [-0.15, -0.1) is 0 Å². The van der Waals surface area contributed by atoms with Crippen molar-refractivity contribution < 1.29 is 19.1 Å². The molecule has 1 aliphatic rings. The summed E-state index contributed by atoms with van der Waals surface area (Å²) in [6, 6.07) is 19.4. The molecule has 0 unspecified atom stereocenters. The van der Waals surface area contributed by atoms with Crippen molar-refractivity contribution in [3.8, 4) is 5.75 Å². The molecule has 4 rings (SSSR count). The van der Waals surface area contributed by atoms with Gasteiger partial charge in [0.05, 0.1) is 20.3 Å². The van der Waals surface area contributed by atoms with Crippen LogP contribution in [0.3, 0.4) is 0 Å². The van der Waals surface area contributed by atoms with Gasteiger partial charge >= 0.3 is 0 Å². The van der Waals surface area contributed by atoms with Crippen molar-refractivity contribution in [1.82, 2.24) is 4.90 Å². The summed E-state index contributed by atoms with van der Waals surface area (Å²) in [7, 11) is 3.13. The number of benzene rings is 3. The normalized spacial score (nSPS) is 13.7. The van der Waals surface area contributed by atoms with Crippen LogP contribution >= 0.6 is 11.8 Å². The van der Waals surface area contributed by atoms with Crippen LogP contribution in [-0.4, -0.2) is 64.3 Å². The average molecular weight is 538 g/mol. The molecule has 0 radical (unpaired) electrons. The zero-order valence-electron chi connectivity index (χ0n) is 21.8. The highest BCUT2D eigenvalue weighted by Gasteiger charge is 2.11. The standard InChI is InChI=1S/C15H15N3O2S.C12H15NO2.CH5N/c1-18-13(14(16)19)15(17)21-12-6-4-9-7-11(20-2)5-3-10(9)8-12;14-10-12-3-1-11(2-4-12)9-13-5-7-15-8-6-13;1-2/h3-8H,1,17H2,2H3,(H2,16,19);1-4,10H,5-9H2;2H2,1H3/b15-13-;;. The van der Waals surface area contributed by atoms with Crippen molar-refractivity contribution >= 4 is 41.4 Å². The van der Waals surface area contributed by atoms with Gasteiger partial charge in [-0.1, -0.05) is 48.2 Å². The summed E-state index contributed by atoms with van der Waals surface area (Å²) in [6.45, 7) is 7.89. The van der Waals surface area contributed by atoms with E-state index in [4.69, 9.17) is 20.9 Å². The predicted octanol–water partition coefficient (Wildman–Crippen LogP) is 3.16. The van der Waals surface area contributed by atoms with Gasteiger partial charge in [-0.3, -0.25) is 19.5 Å². The maximum absolute atomic E-state index is 11.2. The van der Waals surface area contributed by atoms with Gasteiger partial charge in [0, 0.05) is 30.1 Å². The molecule has 1 fully saturated rings. The van der Waals surface area contributed by atoms with E-state index in [-0.39, 0.29) is 10.7 Å². The van der Waals surface area contributed by atoms with E-state index in [9.17, 15) is 9.59 Å². The molecule has 1 aliphatic heterocycles. The Labute approximate surface area is 227 Å². The molecule has 0 aliphatic carbocycles. The fraction of sp³-hybridized carbons (Fsp3) is 0.250. The largest absolute Gasteiger partial charge is 0.497 e. The quantitative estimate of drug-likeness (QED) is 0.172. The second-order valence-electron chi connectivity index (χ2n) is 7.96. The summed E-state index contributed by atoms with van der Waals surface area (Å²) in [6.07, 6.45) is 0.874. The lowest BCUT2D eigenvalue weighted by molar-refractivity contribution is -0.114. The van der Waals surface area contributed by atoms with Crippen LogP contribution in [0.5, 0.6) is 5.75 Å². The molecule has 10 heteroatoms. The zero-order valence-corrected chi connectivity index (χ0v) is 22.6. The lowest BCUT2D eigenvalue weighted by atomic mass is 10.1. The summed E-state index contributed by atoms with van der Waals surface area (Å²) in [5.74, 6) is 0.106. The van der Waals surface area contributed by atoms with Crippen LogP contribution in [0.2, 0.25) is 0 Å². The monoisotopic (exact) mass is 537 g/mol. The number of primary amides is 1. The number of hydrogen-bond donors (Lipinski definition) is 3. The minimum absolute atomic E-state index is 0.0187. The van der Waals surface area contributed by atoms with Crippen molar-refractivity contribution in [2.45, 2.75) is 11.4 Å². The number of amides is 1. The Morgan fingerprint density at radius 1 is 1.05 bits per heavy atom. The molecule has 0 spiro atoms. The SMILES string of the molecule is C=N/C(C(N)=O)=C(/N)Sc1ccc2cc(OC)ccc2c1.CN.O=Cc1ccc(CN2CCOCC2)cc1. The number of thioether (sulfide) groups is 1. The number of nitrogens with two attached hydrogens (primary N) is 3. The molecule has 6 N–H and O–H groups in total. The van der Waals surface area contributed by atoms with Crippen LogP contribution in [-0.2, 0) is 16.1 Å². The van der Waals surface area contributed by atoms with Gasteiger partial charge in [-0.05, 0) is 54.4 Å². The molecule has 9 nitrogen and oxygen atoms in total. The molecule has 3 aromatic rings. The van der Waals surface area contributed by atoms with Crippen molar-refractivity contribution in [3.63, 3.8) is 0 Å². The van der Waals surface area contributed by atoms with E-state index in [0.29, 0.717) is 0 Å². The van der Waals surface area contributed by atoms with Gasteiger partial charge in [0.15, 0.2) is 5.70 Å². The number of carbonyl (C=O) groups is 2. The van der Waals surface area contributed by atoms with Crippen LogP contribution in [0.4, 0.5) is 0 Å². The van der Waals surface area contributed by atoms with E-state index in [1.54, 1.807) is 7.11 Å². The van der Waals surface area contributed by atoms with Crippen molar-refractivity contribution in [2.75, 3.05) is 40.5 Å². The van der Waals surface area contributed by atoms with Gasteiger partial charge in [-0.2, -0.15) is 0 Å². The predicted molar refractivity (Wildman–Crippen MR) is 154 cm³/mol. The van der Waals surface area contributed by atoms with Crippen LogP contribution in [0.1, 0.15) is 15.9 Å². The Bertz CT molecular complexity index is 1240. The number of methoxy groups -OCH3 is 1. The second kappa shape index (κ2) is 16.2. The topological polar surface area (TPSA) is 146 Å². The lowest BCUT2D eigenvalue weighted by Gasteiger charge is -2.26. The van der Waals surface area contributed by atoms with Crippen molar-refractivity contribution in [2.24, 2.45) is 22.2 Å². The maximum atomic E-state index is 11.2. The molecule has 38 heavy (non-hydrogen) atoms. The molecular formula is C28H35N5O4S. The van der Waals surface area contributed by atoms with E-state index < -0.39 is 5.91 Å². The number of nitrogens with zero attached hydrogens (tertiary/aromatic N) is 2. The van der Waals surface area contributed by atoms with E-state index in [1.807, 2.05) is 60.7 Å². The van der Waals surface area contributed by atoms with E-state index in [2.05, 4.69) is 22.3 Å². The first-order valence-corrected chi connectivity index (χ1v) is 12.7. The minimum Gasteiger partial charge on any atom is -0.497 e. The van der Waals surface area contributed by atoms with Crippen LogP contribution in [0, 0.1) is 0 Å². The number of aliphatic imine (C=N–C) groups is 1. The highest BCUT2D eigenvalue weighted by atomic mass is 32.2. The highest BCUT2D eigenvalue weighted by molar-refractivity contribution is 8.03. The van der Waals surface area contributed by atoms with Crippen LogP contribution in [0.25, 0.3) is 10.8 Å². The van der Waals surface area contributed by atoms with Gasteiger partial charge in [-0.25, -0.2) is 0 Å². The molecule has 0 aromatic heterocycles. The summed E-state index contributed by atoms with van der Waals surface area (Å²) < 4.78 is 10.5. The number of rotatable bonds is 8. The maximum Gasteiger partial charge on any atom is 0.269 e. The first-order chi connectivity index (χ1) is 18.4. The summed E-state index contributed by atoms with van der Waals surface area (Å²) in [4.78, 5) is 28.5. The Hall–Kier alpha value is -3.70. The molecule has 0 bridgehead atoms. The van der Waals surface area contributed by atoms with E-state index >= 15 is 0 Å². The molecule has 202 valence electrons. The Balaban J connectivity index is 0.000000262. The minimum atomic E-state index is -0.694. The molecular weight excluding hydrogens is 502 g/mol. The van der Waals surface area contributed by atoms with Crippen molar-refractivity contribution in [1.29, 1.82) is 0 Å². The van der Waals surface area contributed by atoms with Gasteiger partial charge < -0.3 is 26.7 Å². The fourth-order valence-corrected chi connectivity index (χ4v) is 4.40. The summed E-state index contributed by atoms with van der Waals surface area (Å²) in [5, 5.41) is 2.32. The molecule has 1 heterocycles. The van der Waals surface area contributed by atoms with Gasteiger partial charge in [0.2, 0.25) is 0 Å². The number of aldehydes is 1. The van der Waals surface area contributed by atoms with Crippen LogP contribution in [0.15, 0.2) is 81.3 Å². The number of ether oxygens (including phenoxy) is 2. The van der Waals surface area contributed by atoms with Gasteiger partial charge in [0.1, 0.15) is 17.1 Å². The number of carbonyl (C=O) groups excluding carboxylic acids is 2. The second-order valence-corrected chi connectivity index (χ2v) is 9.08. The molecule has 0 saturated carbocycles. The molecule has 0 atom stereocenters. The molecule has 3 aromatic carbocycles. The average Bonchev–Trinajstić information content (AvgIpc) is 2.95. The highest BCUT2D eigenvalue weighted by Crippen LogP contribution is 2.30. The van der Waals surface area contributed by atoms with Crippen molar-refractivity contribution in [3.05, 3.63) is 82.5 Å². The fourth-order valence-electron chi connectivity index (χ4n) is 3.56. The Morgan fingerprint density at radius 2 is 1.68 bits per heavy atom. The Morgan fingerprint density at radius 3 is 2.26 bits per heavy atom. The third-order valence-electron chi connectivity index (χ3n) is 5.50. The zero-order chi connectivity index (χ0) is 27.9. The first kappa shape index (κ1) is 30.5. The van der Waals surface area contributed by atoms with Crippen LogP contribution < -0.4 is 21.9 Å². The summed E-state index contributed by atoms with van der Waals surface area (Å²) >= 11 is 1.22. The molecule has 1 amide bonds. The number of fused-ring (bicyclic) bond motifs is 1. The molecule has 1 saturated heterocycles. The lowest BCUT2D eigenvalue weighted by Crippen LogP contribution is -2.35. The summed E-state index contributed by atoms with van der Waals surface area (Å²) in [5.41, 5.74) is 17.5. The number of hydrogen-bond acceptors (Lipinski definition) is 9. The van der Waals surface area contributed by atoms with E-state index in [1.165, 1.54) is 24.4 Å². The van der Waals surface area contributed by atoms with Gasteiger partial charge in [0.25, 0.3) is 5.91 Å². The third kappa shape index (κ3) is 9.31. The smallest absolute Gasteiger partial charge is 0.269 e. The number of morpholine rings is 1. The third-order valence-corrected chi connectivity index (χ3v) is 6.40. The van der Waals surface area contributed by atoms with E-state index in [0.717, 1.165) is 66.1 Å².